The number of hydrogen-bond donors (Lipinski definition) is 1. The molecule has 24 heavy (non-hydrogen) atoms. The first-order valence-electron chi connectivity index (χ1n) is 8.80. The highest BCUT2D eigenvalue weighted by Gasteiger charge is 2.71. The van der Waals surface area contributed by atoms with Gasteiger partial charge < -0.3 is 10.1 Å². The molecular formula is C19H22BrNO3. The van der Waals surface area contributed by atoms with Crippen LogP contribution in [0.15, 0.2) is 28.7 Å². The van der Waals surface area contributed by atoms with Crippen molar-refractivity contribution in [3.8, 4) is 0 Å². The van der Waals surface area contributed by atoms with Crippen LogP contribution in [-0.4, -0.2) is 18.5 Å². The van der Waals surface area contributed by atoms with Crippen LogP contribution < -0.4 is 5.32 Å². The second kappa shape index (κ2) is 5.87. The third-order valence-corrected chi connectivity index (χ3v) is 6.85. The number of ether oxygens (including phenoxy) is 1. The van der Waals surface area contributed by atoms with Crippen molar-refractivity contribution in [1.29, 1.82) is 0 Å². The summed E-state index contributed by atoms with van der Waals surface area (Å²) < 4.78 is 6.29. The second-order valence-corrected chi connectivity index (χ2v) is 8.24. The summed E-state index contributed by atoms with van der Waals surface area (Å²) in [5, 5.41) is 3.02. The van der Waals surface area contributed by atoms with Crippen molar-refractivity contribution in [3.05, 3.63) is 28.7 Å². The lowest BCUT2D eigenvalue weighted by atomic mass is 9.78. The molecule has 1 amide bonds. The molecule has 0 saturated heterocycles. The van der Waals surface area contributed by atoms with Crippen LogP contribution in [0, 0.1) is 29.1 Å². The Morgan fingerprint density at radius 2 is 1.79 bits per heavy atom. The van der Waals surface area contributed by atoms with E-state index >= 15 is 0 Å². The average Bonchev–Trinajstić information content (AvgIpc) is 3.23. The largest absolute Gasteiger partial charge is 0.466 e. The van der Waals surface area contributed by atoms with Crippen LogP contribution in [0.4, 0.5) is 5.69 Å². The van der Waals surface area contributed by atoms with E-state index in [9.17, 15) is 9.59 Å². The molecule has 1 unspecified atom stereocenters. The Bertz CT molecular complexity index is 668. The number of anilines is 1. The number of halogens is 1. The minimum absolute atomic E-state index is 0.0196. The Labute approximate surface area is 150 Å². The highest BCUT2D eigenvalue weighted by molar-refractivity contribution is 9.10. The molecule has 2 bridgehead atoms. The molecule has 4 rings (SSSR count). The maximum Gasteiger partial charge on any atom is 0.310 e. The van der Waals surface area contributed by atoms with E-state index in [-0.39, 0.29) is 29.1 Å². The molecule has 1 N–H and O–H groups in total. The second-order valence-electron chi connectivity index (χ2n) is 7.32. The van der Waals surface area contributed by atoms with Gasteiger partial charge in [0.2, 0.25) is 5.91 Å². The van der Waals surface area contributed by atoms with Crippen molar-refractivity contribution in [1.82, 2.24) is 0 Å². The lowest BCUT2D eigenvalue weighted by Crippen LogP contribution is -2.38. The molecule has 0 aromatic heterocycles. The van der Waals surface area contributed by atoms with E-state index < -0.39 is 0 Å². The average molecular weight is 392 g/mol. The molecule has 4 nitrogen and oxygen atoms in total. The van der Waals surface area contributed by atoms with Crippen LogP contribution in [0.25, 0.3) is 0 Å². The number of esters is 1. The zero-order chi connectivity index (χ0) is 16.9. The molecule has 128 valence electrons. The van der Waals surface area contributed by atoms with Gasteiger partial charge in [-0.3, -0.25) is 9.59 Å². The van der Waals surface area contributed by atoms with Crippen LogP contribution in [0.2, 0.25) is 0 Å². The van der Waals surface area contributed by atoms with Gasteiger partial charge in [-0.05, 0) is 74.1 Å². The van der Waals surface area contributed by atoms with Gasteiger partial charge in [0.1, 0.15) is 0 Å². The van der Waals surface area contributed by atoms with Crippen molar-refractivity contribution in [2.75, 3.05) is 11.9 Å². The summed E-state index contributed by atoms with van der Waals surface area (Å²) in [5.41, 5.74) is 1.03. The molecule has 0 heterocycles. The Balaban J connectivity index is 1.58. The van der Waals surface area contributed by atoms with Crippen LogP contribution in [0.1, 0.15) is 32.6 Å². The van der Waals surface area contributed by atoms with E-state index in [2.05, 4.69) is 21.2 Å². The molecule has 3 aliphatic rings. The zero-order valence-electron chi connectivity index (χ0n) is 13.8. The summed E-state index contributed by atoms with van der Waals surface area (Å²) in [5.74, 6) is -0.0223. The van der Waals surface area contributed by atoms with Gasteiger partial charge in [-0.15, -0.1) is 0 Å². The van der Waals surface area contributed by atoms with E-state index in [0.29, 0.717) is 18.4 Å². The fourth-order valence-corrected chi connectivity index (χ4v) is 5.59. The quantitative estimate of drug-likeness (QED) is 0.788. The molecule has 0 aliphatic heterocycles. The van der Waals surface area contributed by atoms with Gasteiger partial charge >= 0.3 is 5.97 Å². The monoisotopic (exact) mass is 391 g/mol. The number of carbonyl (C=O) groups excluding carboxylic acids is 2. The summed E-state index contributed by atoms with van der Waals surface area (Å²) in [6.07, 6.45) is 4.47. The number of carbonyl (C=O) groups is 2. The fourth-order valence-electron chi connectivity index (χ4n) is 5.32. The van der Waals surface area contributed by atoms with Crippen LogP contribution in [-0.2, 0) is 14.3 Å². The minimum atomic E-state index is -0.262. The Morgan fingerprint density at radius 1 is 1.17 bits per heavy atom. The van der Waals surface area contributed by atoms with Gasteiger partial charge in [0.05, 0.1) is 18.4 Å². The van der Waals surface area contributed by atoms with E-state index in [1.807, 2.05) is 31.2 Å². The number of nitrogens with one attached hydrogen (secondary N) is 1. The first kappa shape index (κ1) is 16.1. The predicted molar refractivity (Wildman–Crippen MR) is 94.3 cm³/mol. The van der Waals surface area contributed by atoms with Gasteiger partial charge in [0.15, 0.2) is 0 Å². The topological polar surface area (TPSA) is 55.4 Å². The minimum Gasteiger partial charge on any atom is -0.466 e. The number of hydrogen-bond acceptors (Lipinski definition) is 3. The molecule has 3 saturated carbocycles. The highest BCUT2D eigenvalue weighted by atomic mass is 79.9. The number of benzene rings is 1. The standard InChI is InChI=1S/C19H22BrNO3/c1-2-24-18(23)16-14-8-7-13(19(14)9-10-19)15(16)17(22)21-12-5-3-11(20)4-6-12/h3-6,13-16H,2,7-10H2,1H3,(H,21,22)/t13-,14+,15?,16+/m0/s1. The summed E-state index contributed by atoms with van der Waals surface area (Å²) in [7, 11) is 0. The Hall–Kier alpha value is -1.36. The van der Waals surface area contributed by atoms with Gasteiger partial charge in [-0.2, -0.15) is 0 Å². The molecule has 1 aromatic carbocycles. The molecular weight excluding hydrogens is 370 g/mol. The van der Waals surface area contributed by atoms with Crippen molar-refractivity contribution in [2.45, 2.75) is 32.6 Å². The number of amides is 1. The van der Waals surface area contributed by atoms with Crippen molar-refractivity contribution < 1.29 is 14.3 Å². The van der Waals surface area contributed by atoms with Gasteiger partial charge in [0.25, 0.3) is 0 Å². The Kier molecular flexibility index (Phi) is 3.94. The van der Waals surface area contributed by atoms with Gasteiger partial charge in [-0.25, -0.2) is 0 Å². The van der Waals surface area contributed by atoms with E-state index in [4.69, 9.17) is 4.74 Å². The van der Waals surface area contributed by atoms with Crippen molar-refractivity contribution in [2.24, 2.45) is 29.1 Å². The summed E-state index contributed by atoms with van der Waals surface area (Å²) in [6.45, 7) is 2.20. The molecule has 5 heteroatoms. The molecule has 3 aliphatic carbocycles. The number of rotatable bonds is 4. The lowest BCUT2D eigenvalue weighted by Gasteiger charge is -2.28. The Morgan fingerprint density at radius 3 is 2.38 bits per heavy atom. The van der Waals surface area contributed by atoms with Gasteiger partial charge in [0, 0.05) is 10.2 Å². The van der Waals surface area contributed by atoms with E-state index in [1.165, 1.54) is 12.8 Å². The summed E-state index contributed by atoms with van der Waals surface area (Å²) in [4.78, 5) is 25.5. The lowest BCUT2D eigenvalue weighted by molar-refractivity contribution is -0.154. The van der Waals surface area contributed by atoms with Crippen LogP contribution in [0.3, 0.4) is 0 Å². The predicted octanol–water partition coefficient (Wildman–Crippen LogP) is 4.00. The first-order chi connectivity index (χ1) is 11.6. The fraction of sp³-hybridized carbons (Fsp3) is 0.579. The normalized spacial score (nSPS) is 31.9. The SMILES string of the molecule is CCOC(=O)[C@H]1C(C(=O)Nc2ccc(Br)cc2)[C@@H]2CC[C@H]1C21CC1. The van der Waals surface area contributed by atoms with E-state index in [0.717, 1.165) is 23.0 Å². The maximum atomic E-state index is 13.0. The third-order valence-electron chi connectivity index (χ3n) is 6.32. The molecule has 3 fully saturated rings. The highest BCUT2D eigenvalue weighted by Crippen LogP contribution is 2.74. The third kappa shape index (κ3) is 2.40. The van der Waals surface area contributed by atoms with Crippen molar-refractivity contribution in [3.63, 3.8) is 0 Å². The van der Waals surface area contributed by atoms with Crippen molar-refractivity contribution >= 4 is 33.5 Å². The molecule has 1 aromatic rings. The van der Waals surface area contributed by atoms with Gasteiger partial charge in [-0.1, -0.05) is 15.9 Å². The van der Waals surface area contributed by atoms with E-state index in [1.54, 1.807) is 0 Å². The molecule has 4 atom stereocenters. The molecule has 0 radical (unpaired) electrons. The summed E-state index contributed by atoms with van der Waals surface area (Å²) in [6, 6.07) is 7.56. The summed E-state index contributed by atoms with van der Waals surface area (Å²) >= 11 is 3.40. The van der Waals surface area contributed by atoms with Crippen LogP contribution >= 0.6 is 15.9 Å². The van der Waals surface area contributed by atoms with Crippen LogP contribution in [0.5, 0.6) is 0 Å². The first-order valence-corrected chi connectivity index (χ1v) is 9.59. The zero-order valence-corrected chi connectivity index (χ0v) is 15.3. The smallest absolute Gasteiger partial charge is 0.310 e. The molecule has 1 spiro atoms. The maximum absolute atomic E-state index is 13.0.